The highest BCUT2D eigenvalue weighted by Crippen LogP contribution is 2.24. The maximum atomic E-state index is 14.2. The van der Waals surface area contributed by atoms with Crippen molar-refractivity contribution >= 4 is 31.5 Å². The Hall–Kier alpha value is -3.24. The number of rotatable bonds is 8. The monoisotopic (exact) mass is 504 g/mol. The summed E-state index contributed by atoms with van der Waals surface area (Å²) in [5.74, 6) is -0.997. The molecule has 0 radical (unpaired) electrons. The predicted octanol–water partition coefficient (Wildman–Crippen LogP) is 3.69. The molecule has 180 valence electrons. The van der Waals surface area contributed by atoms with Crippen molar-refractivity contribution in [3.63, 3.8) is 0 Å². The van der Waals surface area contributed by atoms with Crippen LogP contribution in [0.3, 0.4) is 0 Å². The Morgan fingerprint density at radius 3 is 2.03 bits per heavy atom. The quantitative estimate of drug-likeness (QED) is 0.504. The Labute approximate surface area is 199 Å². The Bertz CT molecular complexity index is 1390. The van der Waals surface area contributed by atoms with Crippen LogP contribution in [-0.2, 0) is 26.4 Å². The minimum Gasteiger partial charge on any atom is -0.346 e. The van der Waals surface area contributed by atoms with E-state index in [1.165, 1.54) is 30.3 Å². The summed E-state index contributed by atoms with van der Waals surface area (Å²) in [5.41, 5.74) is 1.63. The van der Waals surface area contributed by atoms with Gasteiger partial charge in [-0.3, -0.25) is 9.10 Å². The van der Waals surface area contributed by atoms with Gasteiger partial charge in [-0.2, -0.15) is 0 Å². The molecular weight excluding hydrogens is 479 g/mol. The van der Waals surface area contributed by atoms with Crippen molar-refractivity contribution in [2.75, 3.05) is 16.8 Å². The normalized spacial score (nSPS) is 12.7. The number of halogens is 1. The van der Waals surface area contributed by atoms with Gasteiger partial charge in [0.15, 0.2) is 9.84 Å². The summed E-state index contributed by atoms with van der Waals surface area (Å²) in [4.78, 5) is 12.8. The van der Waals surface area contributed by atoms with Crippen molar-refractivity contribution in [1.82, 2.24) is 5.32 Å². The summed E-state index contributed by atoms with van der Waals surface area (Å²) in [5, 5.41) is 2.84. The number of amides is 1. The third-order valence-corrected chi connectivity index (χ3v) is 7.47. The Morgan fingerprint density at radius 2 is 1.50 bits per heavy atom. The van der Waals surface area contributed by atoms with Gasteiger partial charge in [0, 0.05) is 11.8 Å². The molecule has 0 heterocycles. The number of carbonyl (C=O) groups is 1. The smallest absolute Gasteiger partial charge is 0.251 e. The predicted molar refractivity (Wildman–Crippen MR) is 129 cm³/mol. The van der Waals surface area contributed by atoms with Gasteiger partial charge in [-0.1, -0.05) is 36.4 Å². The van der Waals surface area contributed by atoms with Crippen LogP contribution in [0.15, 0.2) is 77.7 Å². The van der Waals surface area contributed by atoms with E-state index in [1.807, 2.05) is 0 Å². The van der Waals surface area contributed by atoms with Crippen molar-refractivity contribution < 1.29 is 26.0 Å². The lowest BCUT2D eigenvalue weighted by molar-refractivity contribution is 0.0940. The Balaban J connectivity index is 1.72. The molecule has 0 aromatic heterocycles. The average molecular weight is 505 g/mol. The zero-order valence-corrected chi connectivity index (χ0v) is 20.5. The molecule has 0 aliphatic rings. The molecule has 34 heavy (non-hydrogen) atoms. The number of nitrogens with zero attached hydrogens (tertiary/aromatic N) is 1. The molecule has 1 atom stereocenters. The standard InChI is InChI=1S/C24H25FN2O5S2/c1-17(19-12-14-21(15-13-19)33(2,29)30)26-24(28)20-10-8-18(9-11-20)16-27(34(3,31)32)23-7-5-4-6-22(23)25/h4-15,17H,16H2,1-3H3,(H,26,28)/t17-/m1/s1. The molecule has 0 spiro atoms. The van der Waals surface area contributed by atoms with E-state index < -0.39 is 25.7 Å². The van der Waals surface area contributed by atoms with Gasteiger partial charge in [0.25, 0.3) is 5.91 Å². The number of anilines is 1. The van der Waals surface area contributed by atoms with E-state index in [0.717, 1.165) is 22.4 Å². The highest BCUT2D eigenvalue weighted by atomic mass is 32.2. The minimum absolute atomic E-state index is 0.0532. The van der Waals surface area contributed by atoms with Gasteiger partial charge in [-0.05, 0) is 54.4 Å². The average Bonchev–Trinajstić information content (AvgIpc) is 2.77. The number of carbonyl (C=O) groups excluding carboxylic acids is 1. The molecule has 0 aliphatic carbocycles. The first-order chi connectivity index (χ1) is 15.9. The van der Waals surface area contributed by atoms with E-state index in [2.05, 4.69) is 5.32 Å². The molecule has 3 aromatic carbocycles. The molecule has 7 nitrogen and oxygen atoms in total. The van der Waals surface area contributed by atoms with E-state index in [0.29, 0.717) is 11.1 Å². The number of hydrogen-bond donors (Lipinski definition) is 1. The summed E-state index contributed by atoms with van der Waals surface area (Å²) in [6.45, 7) is 1.69. The van der Waals surface area contributed by atoms with Gasteiger partial charge in [0.1, 0.15) is 5.82 Å². The number of para-hydroxylation sites is 1. The first kappa shape index (κ1) is 25.4. The van der Waals surface area contributed by atoms with Crippen LogP contribution in [0.2, 0.25) is 0 Å². The van der Waals surface area contributed by atoms with Crippen molar-refractivity contribution in [1.29, 1.82) is 0 Å². The second-order valence-corrected chi connectivity index (χ2v) is 11.9. The van der Waals surface area contributed by atoms with Crippen molar-refractivity contribution in [2.24, 2.45) is 0 Å². The SMILES string of the molecule is C[C@@H](NC(=O)c1ccc(CN(c2ccccc2F)S(C)(=O)=O)cc1)c1ccc(S(C)(=O)=O)cc1. The van der Waals surface area contributed by atoms with Crippen LogP contribution in [0.1, 0.15) is 34.5 Å². The van der Waals surface area contributed by atoms with Gasteiger partial charge in [0.2, 0.25) is 10.0 Å². The van der Waals surface area contributed by atoms with Gasteiger partial charge in [-0.25, -0.2) is 21.2 Å². The number of sulfonamides is 1. The van der Waals surface area contributed by atoms with Crippen LogP contribution < -0.4 is 9.62 Å². The maximum absolute atomic E-state index is 14.2. The molecule has 0 aliphatic heterocycles. The van der Waals surface area contributed by atoms with Gasteiger partial charge >= 0.3 is 0 Å². The summed E-state index contributed by atoms with van der Waals surface area (Å²) in [6.07, 6.45) is 2.13. The molecule has 10 heteroatoms. The van der Waals surface area contributed by atoms with E-state index in [9.17, 15) is 26.0 Å². The molecule has 3 rings (SSSR count). The van der Waals surface area contributed by atoms with Crippen molar-refractivity contribution in [2.45, 2.75) is 24.4 Å². The number of hydrogen-bond acceptors (Lipinski definition) is 5. The number of benzene rings is 3. The third kappa shape index (κ3) is 6.21. The zero-order valence-electron chi connectivity index (χ0n) is 18.9. The van der Waals surface area contributed by atoms with Crippen LogP contribution in [0, 0.1) is 5.82 Å². The Kier molecular flexibility index (Phi) is 7.42. The molecule has 0 bridgehead atoms. The van der Waals surface area contributed by atoms with E-state index in [4.69, 9.17) is 0 Å². The Morgan fingerprint density at radius 1 is 0.912 bits per heavy atom. The molecule has 0 unspecified atom stereocenters. The lowest BCUT2D eigenvalue weighted by atomic mass is 10.1. The second-order valence-electron chi connectivity index (χ2n) is 7.95. The highest BCUT2D eigenvalue weighted by Gasteiger charge is 2.21. The van der Waals surface area contributed by atoms with Crippen LogP contribution >= 0.6 is 0 Å². The summed E-state index contributed by atoms with van der Waals surface area (Å²) in [7, 11) is -7.05. The van der Waals surface area contributed by atoms with Gasteiger partial charge in [0.05, 0.1) is 29.4 Å². The van der Waals surface area contributed by atoms with E-state index in [1.54, 1.807) is 49.4 Å². The first-order valence-corrected chi connectivity index (χ1v) is 14.0. The molecular formula is C24H25FN2O5S2. The number of nitrogens with one attached hydrogen (secondary N) is 1. The summed E-state index contributed by atoms with van der Waals surface area (Å²) < 4.78 is 62.9. The summed E-state index contributed by atoms with van der Waals surface area (Å²) >= 11 is 0. The van der Waals surface area contributed by atoms with Gasteiger partial charge in [-0.15, -0.1) is 0 Å². The lowest BCUT2D eigenvalue weighted by Crippen LogP contribution is -2.30. The third-order valence-electron chi connectivity index (χ3n) is 5.22. The largest absolute Gasteiger partial charge is 0.346 e. The minimum atomic E-state index is -3.75. The molecule has 0 fully saturated rings. The van der Waals surface area contributed by atoms with E-state index in [-0.39, 0.29) is 29.1 Å². The van der Waals surface area contributed by atoms with Crippen LogP contribution in [0.25, 0.3) is 0 Å². The van der Waals surface area contributed by atoms with Crippen LogP contribution in [0.5, 0.6) is 0 Å². The fraction of sp³-hybridized carbons (Fsp3) is 0.208. The fourth-order valence-corrected chi connectivity index (χ4v) is 4.85. The molecule has 0 saturated heterocycles. The van der Waals surface area contributed by atoms with Gasteiger partial charge < -0.3 is 5.32 Å². The van der Waals surface area contributed by atoms with E-state index >= 15 is 0 Å². The van der Waals surface area contributed by atoms with Crippen LogP contribution in [-0.4, -0.2) is 35.3 Å². The molecule has 0 saturated carbocycles. The second kappa shape index (κ2) is 9.94. The maximum Gasteiger partial charge on any atom is 0.251 e. The summed E-state index contributed by atoms with van der Waals surface area (Å²) in [6, 6.07) is 17.9. The molecule has 1 N–H and O–H groups in total. The topological polar surface area (TPSA) is 101 Å². The molecule has 1 amide bonds. The molecule has 3 aromatic rings. The number of sulfone groups is 1. The van der Waals surface area contributed by atoms with Crippen LogP contribution in [0.4, 0.5) is 10.1 Å². The fourth-order valence-electron chi connectivity index (χ4n) is 3.33. The lowest BCUT2D eigenvalue weighted by Gasteiger charge is -2.23. The first-order valence-electron chi connectivity index (χ1n) is 10.3. The van der Waals surface area contributed by atoms with Crippen molar-refractivity contribution in [3.8, 4) is 0 Å². The van der Waals surface area contributed by atoms with Crippen molar-refractivity contribution in [3.05, 3.63) is 95.3 Å². The highest BCUT2D eigenvalue weighted by molar-refractivity contribution is 7.92. The zero-order chi connectivity index (χ0) is 25.1.